The van der Waals surface area contributed by atoms with E-state index in [0.717, 1.165) is 41.1 Å². The Morgan fingerprint density at radius 3 is 2.11 bits per heavy atom. The quantitative estimate of drug-likeness (QED) is 0.0318. The number of fused-ring (bicyclic) bond motifs is 2. The lowest BCUT2D eigenvalue weighted by Crippen LogP contribution is -2.45. The summed E-state index contributed by atoms with van der Waals surface area (Å²) in [5.41, 5.74) is 3.75. The van der Waals surface area contributed by atoms with Crippen LogP contribution in [0, 0.1) is 28.9 Å². The van der Waals surface area contributed by atoms with Gasteiger partial charge in [0.15, 0.2) is 11.4 Å². The first-order chi connectivity index (χ1) is 40.2. The molecule has 3 aromatic heterocycles. The van der Waals surface area contributed by atoms with Crippen molar-refractivity contribution in [3.05, 3.63) is 109 Å². The third kappa shape index (κ3) is 17.2. The molecule has 3 aliphatic rings. The van der Waals surface area contributed by atoms with Crippen molar-refractivity contribution in [1.82, 2.24) is 29.2 Å². The van der Waals surface area contributed by atoms with Crippen LogP contribution in [0.1, 0.15) is 202 Å². The van der Waals surface area contributed by atoms with E-state index in [-0.39, 0.29) is 72.9 Å². The Kier molecular flexibility index (Phi) is 25.9. The molecule has 5 unspecified atom stereocenters. The maximum Gasteiger partial charge on any atom is 0.292 e. The first-order valence-corrected chi connectivity index (χ1v) is 30.4. The molecule has 0 amide bonds. The molecule has 85 heavy (non-hydrogen) atoms. The number of halogens is 8. The van der Waals surface area contributed by atoms with Gasteiger partial charge in [0.05, 0.1) is 35.5 Å². The summed E-state index contributed by atoms with van der Waals surface area (Å²) in [6, 6.07) is 9.33. The SMILES string of the molecule is CC.CC(=O)Cn1nc(C(F)F)c2c1C(F)(F)C(C)C2C.CCCC(=N)c1c(CCC)ccc(-n2c(C(Cc3cc(F)cc(F)c3)C(C)C)nc3nc(C4CCC(F)(F)CC4)cc(CN4CC(C)OC(C)C4)c3c2=O)c1NCCCOC.C[B]C. The number of morpholine rings is 1. The second kappa shape index (κ2) is 31.4. The largest absolute Gasteiger partial charge is 0.385 e. The minimum Gasteiger partial charge on any atom is -0.385 e. The molecule has 21 heteroatoms. The van der Waals surface area contributed by atoms with E-state index in [1.807, 2.05) is 87.6 Å². The molecule has 2 aromatic carbocycles. The molecule has 2 aliphatic carbocycles. The number of hydrogen-bond acceptors (Lipinski definition) is 10. The predicted octanol–water partition coefficient (Wildman–Crippen LogP) is 15.6. The molecule has 1 aliphatic heterocycles. The zero-order valence-corrected chi connectivity index (χ0v) is 52.3. The highest BCUT2D eigenvalue weighted by atomic mass is 19.3. The number of pyridine rings is 1. The van der Waals surface area contributed by atoms with E-state index in [1.54, 1.807) is 11.7 Å². The number of rotatable bonds is 21. The number of ketones is 1. The van der Waals surface area contributed by atoms with Gasteiger partial charge in [-0.1, -0.05) is 87.9 Å². The lowest BCUT2D eigenvalue weighted by Gasteiger charge is -2.35. The molecule has 5 atom stereocenters. The molecule has 8 rings (SSSR count). The molecule has 1 radical (unpaired) electrons. The smallest absolute Gasteiger partial charge is 0.292 e. The van der Waals surface area contributed by atoms with E-state index in [4.69, 9.17) is 19.4 Å². The van der Waals surface area contributed by atoms with Crippen LogP contribution in [0.5, 0.6) is 0 Å². The van der Waals surface area contributed by atoms with Gasteiger partial charge in [0.25, 0.3) is 17.9 Å². The van der Waals surface area contributed by atoms with Gasteiger partial charge in [0, 0.05) is 99.1 Å². The van der Waals surface area contributed by atoms with Gasteiger partial charge in [-0.3, -0.25) is 23.7 Å². The van der Waals surface area contributed by atoms with Crippen LogP contribution in [-0.2, 0) is 46.1 Å². The zero-order chi connectivity index (χ0) is 63.2. The summed E-state index contributed by atoms with van der Waals surface area (Å²) in [6.45, 7) is 26.5. The van der Waals surface area contributed by atoms with Crippen molar-refractivity contribution in [3.8, 4) is 5.69 Å². The first kappa shape index (κ1) is 70.2. The van der Waals surface area contributed by atoms with E-state index in [9.17, 15) is 45.3 Å². The molecule has 12 nitrogen and oxygen atoms in total. The molecular weight excluding hydrogens is 1110 g/mol. The Bertz CT molecular complexity index is 3060. The van der Waals surface area contributed by atoms with Crippen LogP contribution in [0.25, 0.3) is 16.7 Å². The average Bonchev–Trinajstić information content (AvgIpc) is 1.79. The predicted molar refractivity (Wildman–Crippen MR) is 323 cm³/mol. The first-order valence-electron chi connectivity index (χ1n) is 30.4. The van der Waals surface area contributed by atoms with Gasteiger partial charge >= 0.3 is 0 Å². The van der Waals surface area contributed by atoms with Gasteiger partial charge in [0.2, 0.25) is 5.92 Å². The van der Waals surface area contributed by atoms with Crippen LogP contribution in [-0.4, -0.2) is 99.5 Å². The summed E-state index contributed by atoms with van der Waals surface area (Å²) in [7, 11) is 3.65. The number of nitrogens with one attached hydrogen (secondary N) is 2. The fraction of sp³-hybridized carbons (Fsp3) is 0.625. The number of Topliss-reactive ketones (excluding diaryl/α,β-unsaturated/α-hetero) is 1. The number of hydrogen-bond donors (Lipinski definition) is 2. The van der Waals surface area contributed by atoms with Gasteiger partial charge in [-0.25, -0.2) is 36.3 Å². The third-order valence-corrected chi connectivity index (χ3v) is 15.9. The highest BCUT2D eigenvalue weighted by Gasteiger charge is 2.55. The normalized spacial score (nSPS) is 19.5. The Morgan fingerprint density at radius 1 is 0.929 bits per heavy atom. The van der Waals surface area contributed by atoms with Crippen molar-refractivity contribution in [2.45, 2.75) is 215 Å². The van der Waals surface area contributed by atoms with Crippen LogP contribution < -0.4 is 10.9 Å². The summed E-state index contributed by atoms with van der Waals surface area (Å²) in [4.78, 5) is 39.6. The number of benzene rings is 2. The number of aryl methyl sites for hydroxylation is 1. The number of anilines is 1. The summed E-state index contributed by atoms with van der Waals surface area (Å²) < 4.78 is 126. The van der Waals surface area contributed by atoms with E-state index in [2.05, 4.69) is 22.2 Å². The molecule has 1 saturated carbocycles. The Morgan fingerprint density at radius 2 is 1.55 bits per heavy atom. The molecule has 2 fully saturated rings. The molecule has 2 N–H and O–H groups in total. The number of aromatic nitrogens is 5. The van der Waals surface area contributed by atoms with Crippen LogP contribution in [0.2, 0.25) is 13.6 Å². The zero-order valence-electron chi connectivity index (χ0n) is 52.3. The number of carbonyl (C=O) groups is 1. The summed E-state index contributed by atoms with van der Waals surface area (Å²) >= 11 is 0. The van der Waals surface area contributed by atoms with Crippen molar-refractivity contribution >= 4 is 35.5 Å². The Hall–Kier alpha value is -5.54. The number of methoxy groups -OCH3 is 1. The average molecular weight is 1200 g/mol. The van der Waals surface area contributed by atoms with Crippen molar-refractivity contribution < 1.29 is 49.4 Å². The fourth-order valence-electron chi connectivity index (χ4n) is 11.9. The van der Waals surface area contributed by atoms with E-state index in [0.29, 0.717) is 90.7 Å². The maximum atomic E-state index is 15.9. The number of alkyl halides is 6. The van der Waals surface area contributed by atoms with Crippen molar-refractivity contribution in [2.24, 2.45) is 11.8 Å². The number of carbonyl (C=O) groups excluding carboxylic acids is 1. The van der Waals surface area contributed by atoms with Crippen LogP contribution in [0.4, 0.5) is 40.8 Å². The number of nitrogens with zero attached hydrogens (tertiary/aromatic N) is 6. The minimum atomic E-state index is -3.25. The topological polar surface area (TPSA) is 140 Å². The van der Waals surface area contributed by atoms with Gasteiger partial charge in [-0.05, 0) is 112 Å². The highest BCUT2D eigenvalue weighted by molar-refractivity contribution is 6.31. The maximum absolute atomic E-state index is 15.9. The molecule has 1 saturated heterocycles. The molecular formula is C64H90BF8N8O4. The van der Waals surface area contributed by atoms with Crippen LogP contribution in [0.3, 0.4) is 0 Å². The summed E-state index contributed by atoms with van der Waals surface area (Å²) in [6.07, 6.45) is 0.745. The molecule has 0 bridgehead atoms. The molecule has 4 heterocycles. The van der Waals surface area contributed by atoms with Gasteiger partial charge in [0.1, 0.15) is 36.1 Å². The van der Waals surface area contributed by atoms with Gasteiger partial charge in [-0.2, -0.15) is 13.9 Å². The standard InChI is InChI=1S/C48H64F4N6O3.C12H14F4N2O.C2H6B.C2H6/c1-8-11-34-13-14-41(44(54-19-10-20-60-7)42(34)39(53)12-9-2)58-46(38(29(3)4)23-32-21-36(49)25-37(50)22-32)56-45-43(47(58)59)35(28-57-26-30(5)61-31(6)27-57)24-40(55-45)33-15-17-48(51,52)18-16-33;1-5(19)4-18-10-8(9(17-18)11(13)14)6(2)7(3)12(10,15)16;1-3-2;1-2/h13-14,21-22,24-25,29-31,33,38,53-54H,8-12,15-20,23,26-28H2,1-7H3;6-7,11H,4H2,1-3H3;1-2H3;1-2H3. The lowest BCUT2D eigenvalue weighted by atomic mass is 9.84. The Balaban J connectivity index is 0.000000458. The monoisotopic (exact) mass is 1200 g/mol. The lowest BCUT2D eigenvalue weighted by molar-refractivity contribution is -0.118. The molecule has 469 valence electrons. The third-order valence-electron chi connectivity index (χ3n) is 15.9. The van der Waals surface area contributed by atoms with Crippen molar-refractivity contribution in [1.29, 1.82) is 5.41 Å². The van der Waals surface area contributed by atoms with Crippen molar-refractivity contribution in [2.75, 3.05) is 38.7 Å². The van der Waals surface area contributed by atoms with Crippen LogP contribution >= 0.6 is 0 Å². The van der Waals surface area contributed by atoms with E-state index in [1.165, 1.54) is 32.9 Å². The van der Waals surface area contributed by atoms with Crippen molar-refractivity contribution in [3.63, 3.8) is 0 Å². The summed E-state index contributed by atoms with van der Waals surface area (Å²) in [5.74, 6) is -10.2. The van der Waals surface area contributed by atoms with Crippen LogP contribution in [0.15, 0.2) is 41.2 Å². The highest BCUT2D eigenvalue weighted by Crippen LogP contribution is 2.54. The minimum absolute atomic E-state index is 0.0389. The van der Waals surface area contributed by atoms with Gasteiger partial charge in [-0.15, -0.1) is 0 Å². The number of ether oxygens (including phenoxy) is 2. The second-order valence-corrected chi connectivity index (χ2v) is 23.3. The summed E-state index contributed by atoms with van der Waals surface area (Å²) in [5, 5.41) is 16.9. The molecule has 0 spiro atoms. The molecule has 5 aromatic rings. The van der Waals surface area contributed by atoms with E-state index < -0.39 is 71.4 Å². The van der Waals surface area contributed by atoms with Gasteiger partial charge < -0.3 is 20.2 Å². The second-order valence-electron chi connectivity index (χ2n) is 23.3. The Labute approximate surface area is 498 Å². The fourth-order valence-corrected chi connectivity index (χ4v) is 11.9. The van der Waals surface area contributed by atoms with E-state index >= 15 is 4.79 Å².